The number of aliphatic imine (C=N–C) groups is 1. The van der Waals surface area contributed by atoms with Gasteiger partial charge in [0.1, 0.15) is 36.5 Å². The van der Waals surface area contributed by atoms with Crippen LogP contribution < -0.4 is 5.32 Å². The van der Waals surface area contributed by atoms with Gasteiger partial charge < -0.3 is 24.1 Å². The smallest absolute Gasteiger partial charge is 0.310 e. The van der Waals surface area contributed by atoms with Crippen molar-refractivity contribution >= 4 is 23.6 Å². The summed E-state index contributed by atoms with van der Waals surface area (Å²) < 4.78 is 20.4. The number of carbonyl (C=O) groups excluding carboxylic acids is 3. The quantitative estimate of drug-likeness (QED) is 0.0851. The van der Waals surface area contributed by atoms with Crippen molar-refractivity contribution in [1.82, 2.24) is 9.88 Å². The first-order chi connectivity index (χ1) is 22.7. The van der Waals surface area contributed by atoms with Crippen LogP contribution in [0.5, 0.6) is 0 Å². The summed E-state index contributed by atoms with van der Waals surface area (Å²) in [7, 11) is 3.66. The Hall–Kier alpha value is -4.23. The molecule has 256 valence electrons. The zero-order chi connectivity index (χ0) is 34.8. The van der Waals surface area contributed by atoms with Crippen LogP contribution in [0.15, 0.2) is 60.2 Å². The van der Waals surface area contributed by atoms with E-state index in [0.29, 0.717) is 18.7 Å². The van der Waals surface area contributed by atoms with Crippen LogP contribution in [0.3, 0.4) is 0 Å². The van der Waals surface area contributed by atoms with Gasteiger partial charge in [-0.3, -0.25) is 19.4 Å². The first kappa shape index (κ1) is 39.0. The fourth-order valence-corrected chi connectivity index (χ4v) is 5.90. The van der Waals surface area contributed by atoms with E-state index >= 15 is 0 Å². The first-order valence-electron chi connectivity index (χ1n) is 16.5. The van der Waals surface area contributed by atoms with Crippen molar-refractivity contribution in [3.05, 3.63) is 72.2 Å². The molecule has 5 atom stereocenters. The number of esters is 2. The van der Waals surface area contributed by atoms with E-state index in [9.17, 15) is 14.4 Å². The van der Waals surface area contributed by atoms with Gasteiger partial charge >= 0.3 is 11.9 Å². The molecule has 5 unspecified atom stereocenters. The Labute approximate surface area is 280 Å². The van der Waals surface area contributed by atoms with Gasteiger partial charge in [0, 0.05) is 44.6 Å². The molecule has 0 aliphatic carbocycles. The molecule has 0 radical (unpaired) electrons. The summed E-state index contributed by atoms with van der Waals surface area (Å²) in [4.78, 5) is 41.6. The van der Waals surface area contributed by atoms with E-state index in [1.54, 1.807) is 20.2 Å². The molecule has 10 heteroatoms. The summed E-state index contributed by atoms with van der Waals surface area (Å²) in [5.74, 6) is 0.268. The van der Waals surface area contributed by atoms with Crippen molar-refractivity contribution in [2.75, 3.05) is 13.7 Å². The van der Waals surface area contributed by atoms with E-state index in [0.717, 1.165) is 55.5 Å². The highest BCUT2D eigenvalue weighted by atomic mass is 16.6. The maximum atomic E-state index is 13.1. The molecule has 1 aromatic heterocycles. The first-order valence-corrected chi connectivity index (χ1v) is 16.5. The lowest BCUT2D eigenvalue weighted by Crippen LogP contribution is -2.36. The summed E-state index contributed by atoms with van der Waals surface area (Å²) in [6.45, 7) is 12.9. The second-order valence-corrected chi connectivity index (χ2v) is 11.9. The Morgan fingerprint density at radius 1 is 1.09 bits per heavy atom. The summed E-state index contributed by atoms with van der Waals surface area (Å²) in [6, 6.07) is 13.4. The van der Waals surface area contributed by atoms with Crippen molar-refractivity contribution in [2.24, 2.45) is 23.9 Å². The molecular formula is C37H52N4O6. The molecule has 3 rings (SSSR count). The number of nitrogens with zero attached hydrogens (tertiary/aromatic N) is 3. The molecular weight excluding hydrogens is 596 g/mol. The lowest BCUT2D eigenvalue weighted by Gasteiger charge is -2.24. The molecule has 10 nitrogen and oxygen atoms in total. The molecule has 1 aliphatic rings. The monoisotopic (exact) mass is 648 g/mol. The Bertz CT molecular complexity index is 1330. The zero-order valence-corrected chi connectivity index (χ0v) is 28.7. The second kappa shape index (κ2) is 20.8. The topological polar surface area (TPSA) is 132 Å². The molecule has 1 aliphatic heterocycles. The molecule has 2 aromatic rings. The van der Waals surface area contributed by atoms with Crippen LogP contribution in [0.25, 0.3) is 0 Å². The third kappa shape index (κ3) is 11.8. The highest BCUT2D eigenvalue weighted by molar-refractivity contribution is 5.98. The van der Waals surface area contributed by atoms with Gasteiger partial charge in [0.15, 0.2) is 0 Å². The van der Waals surface area contributed by atoms with Crippen LogP contribution in [0.2, 0.25) is 0 Å². The van der Waals surface area contributed by atoms with E-state index in [4.69, 9.17) is 19.5 Å². The average Bonchev–Trinajstić information content (AvgIpc) is 3.62. The number of hydrogen-bond donors (Lipinski definition) is 1. The number of unbranched alkanes of at least 4 members (excludes halogenated alkanes) is 4. The Balaban J connectivity index is 0.00000376. The highest BCUT2D eigenvalue weighted by Gasteiger charge is 2.48. The number of amidine groups is 1. The fourth-order valence-electron chi connectivity index (χ4n) is 5.90. The number of hydrogen-bond acceptors (Lipinski definition) is 8. The highest BCUT2D eigenvalue weighted by Crippen LogP contribution is 2.42. The number of Topliss-reactive ketones (excluding diaryl/α,β-unsaturated/α-hetero) is 1. The van der Waals surface area contributed by atoms with Gasteiger partial charge in [-0.1, -0.05) is 76.4 Å². The summed E-state index contributed by atoms with van der Waals surface area (Å²) >= 11 is 0. The summed E-state index contributed by atoms with van der Waals surface area (Å²) in [6.07, 6.45) is 6.89. The molecule has 0 spiro atoms. The Morgan fingerprint density at radius 2 is 1.77 bits per heavy atom. The molecule has 0 amide bonds. The lowest BCUT2D eigenvalue weighted by atomic mass is 9.91. The van der Waals surface area contributed by atoms with Gasteiger partial charge in [0.2, 0.25) is 0 Å². The molecule has 47 heavy (non-hydrogen) atoms. The van der Waals surface area contributed by atoms with Gasteiger partial charge in [0.25, 0.3) is 0 Å². The number of nitriles is 1. The number of rotatable bonds is 18. The SMILES string of the molecule is C#N.C=CNC(=NC)c1ccc(C2OC(COC(=O)Cc3ccccc3)C(OC(=O)CCCCCCCC(C)C(C)=O)C2CC)n1C. The van der Waals surface area contributed by atoms with Crippen molar-refractivity contribution < 1.29 is 28.6 Å². The van der Waals surface area contributed by atoms with Crippen LogP contribution in [0.1, 0.15) is 95.2 Å². The van der Waals surface area contributed by atoms with Crippen LogP contribution in [-0.2, 0) is 42.1 Å². The van der Waals surface area contributed by atoms with Crippen LogP contribution in [0.4, 0.5) is 0 Å². The number of ketones is 1. The largest absolute Gasteiger partial charge is 0.463 e. The molecule has 0 saturated carbocycles. The fraction of sp³-hybridized carbons (Fsp3) is 0.541. The van der Waals surface area contributed by atoms with Crippen LogP contribution in [-0.4, -0.2) is 54.0 Å². The molecule has 2 heterocycles. The molecule has 0 bridgehead atoms. The predicted octanol–water partition coefficient (Wildman–Crippen LogP) is 6.39. The number of aromatic nitrogens is 1. The minimum absolute atomic E-state index is 0.00767. The van der Waals surface area contributed by atoms with E-state index < -0.39 is 12.2 Å². The molecule has 1 N–H and O–H groups in total. The van der Waals surface area contributed by atoms with Crippen molar-refractivity contribution in [1.29, 1.82) is 5.26 Å². The molecule has 1 aromatic carbocycles. The second-order valence-electron chi connectivity index (χ2n) is 11.9. The van der Waals surface area contributed by atoms with Crippen molar-refractivity contribution in [2.45, 2.75) is 96.9 Å². The lowest BCUT2D eigenvalue weighted by molar-refractivity contribution is -0.158. The van der Waals surface area contributed by atoms with Gasteiger partial charge in [-0.15, -0.1) is 0 Å². The van der Waals surface area contributed by atoms with Gasteiger partial charge in [-0.05, 0) is 50.1 Å². The van der Waals surface area contributed by atoms with E-state index in [-0.39, 0.29) is 48.7 Å². The van der Waals surface area contributed by atoms with E-state index in [2.05, 4.69) is 30.4 Å². The third-order valence-electron chi connectivity index (χ3n) is 8.71. The summed E-state index contributed by atoms with van der Waals surface area (Å²) in [5, 5.41) is 9.57. The minimum Gasteiger partial charge on any atom is -0.463 e. The molecule has 1 fully saturated rings. The van der Waals surface area contributed by atoms with Gasteiger partial charge in [-0.25, -0.2) is 5.26 Å². The predicted molar refractivity (Wildman–Crippen MR) is 182 cm³/mol. The number of carbonyl (C=O) groups is 3. The normalized spacial score (nSPS) is 19.6. The van der Waals surface area contributed by atoms with Gasteiger partial charge in [0.05, 0.1) is 12.1 Å². The van der Waals surface area contributed by atoms with Crippen molar-refractivity contribution in [3.8, 4) is 6.57 Å². The van der Waals surface area contributed by atoms with Crippen LogP contribution >= 0.6 is 0 Å². The van der Waals surface area contributed by atoms with Gasteiger partial charge in [-0.2, -0.15) is 0 Å². The maximum absolute atomic E-state index is 13.1. The maximum Gasteiger partial charge on any atom is 0.310 e. The summed E-state index contributed by atoms with van der Waals surface area (Å²) in [5.41, 5.74) is 2.66. The van der Waals surface area contributed by atoms with Crippen LogP contribution in [0, 0.1) is 23.7 Å². The van der Waals surface area contributed by atoms with Crippen molar-refractivity contribution in [3.63, 3.8) is 0 Å². The number of benzene rings is 1. The van der Waals surface area contributed by atoms with E-state index in [1.807, 2.05) is 61.0 Å². The third-order valence-corrected chi connectivity index (χ3v) is 8.71. The minimum atomic E-state index is -0.601. The number of ether oxygens (including phenoxy) is 3. The Kier molecular flexibility index (Phi) is 17.2. The Morgan fingerprint density at radius 3 is 2.40 bits per heavy atom. The standard InChI is InChI=1S/C36H51N3O6.CHN/c1-7-28-34(29-21-22-30(39(29)6)36(37-5)38-8-2)44-31(24-43-33(42)23-27-18-14-12-15-19-27)35(28)45-32(41)20-16-11-9-10-13-17-25(3)26(4)40;1-2/h8,12,14-15,18-19,21-22,25,28,31,34-35H,2,7,9-11,13,16-17,20,23-24H2,1,3-6H3,(H,37,38);1H. The average molecular weight is 649 g/mol. The number of nitrogens with one attached hydrogen (secondary N) is 1. The zero-order valence-electron chi connectivity index (χ0n) is 28.7. The molecule has 1 saturated heterocycles. The van der Waals surface area contributed by atoms with E-state index in [1.165, 1.54) is 0 Å².